The Morgan fingerprint density at radius 2 is 2.35 bits per heavy atom. The van der Waals surface area contributed by atoms with Crippen LogP contribution in [0.1, 0.15) is 43.8 Å². The standard InChI is InChI=1S/C13H20N6O/c1-4-11-14-6-8-19(11)7-5-12(20)15-9(2)13-16-10(3)17-18-13/h6,8-9H,4-5,7H2,1-3H3,(H,15,20)(H,16,17,18)/t9-/m1/s1. The van der Waals surface area contributed by atoms with Crippen LogP contribution >= 0.6 is 0 Å². The number of H-pyrrole nitrogens is 1. The fourth-order valence-electron chi connectivity index (χ4n) is 2.01. The summed E-state index contributed by atoms with van der Waals surface area (Å²) in [5.41, 5.74) is 0. The number of carbonyl (C=O) groups is 1. The van der Waals surface area contributed by atoms with Crippen molar-refractivity contribution in [2.75, 3.05) is 0 Å². The number of hydrogen-bond acceptors (Lipinski definition) is 4. The maximum atomic E-state index is 11.9. The van der Waals surface area contributed by atoms with Crippen LogP contribution in [0.15, 0.2) is 12.4 Å². The number of nitrogens with zero attached hydrogens (tertiary/aromatic N) is 4. The van der Waals surface area contributed by atoms with E-state index in [1.54, 1.807) is 6.20 Å². The molecule has 108 valence electrons. The first-order chi connectivity index (χ1) is 9.60. The van der Waals surface area contributed by atoms with Gasteiger partial charge in [0, 0.05) is 31.8 Å². The Balaban J connectivity index is 1.83. The minimum atomic E-state index is -0.194. The lowest BCUT2D eigenvalue weighted by Gasteiger charge is -2.11. The van der Waals surface area contributed by atoms with Gasteiger partial charge in [-0.25, -0.2) is 9.97 Å². The molecule has 0 radical (unpaired) electrons. The number of imidazole rings is 1. The van der Waals surface area contributed by atoms with E-state index in [0.29, 0.717) is 18.8 Å². The van der Waals surface area contributed by atoms with Gasteiger partial charge in [0.15, 0.2) is 5.82 Å². The SMILES string of the molecule is CCc1nccn1CCC(=O)N[C@H](C)c1n[nH]c(C)n1. The summed E-state index contributed by atoms with van der Waals surface area (Å²) in [5, 5.41) is 9.70. The second-order valence-corrected chi connectivity index (χ2v) is 4.71. The van der Waals surface area contributed by atoms with Gasteiger partial charge in [-0.05, 0) is 13.8 Å². The average molecular weight is 276 g/mol. The molecule has 0 aliphatic carbocycles. The quantitative estimate of drug-likeness (QED) is 0.828. The molecular weight excluding hydrogens is 256 g/mol. The highest BCUT2D eigenvalue weighted by atomic mass is 16.1. The Morgan fingerprint density at radius 3 is 3.00 bits per heavy atom. The molecule has 0 fully saturated rings. The fourth-order valence-corrected chi connectivity index (χ4v) is 2.01. The zero-order chi connectivity index (χ0) is 14.5. The second-order valence-electron chi connectivity index (χ2n) is 4.71. The molecule has 2 aromatic rings. The summed E-state index contributed by atoms with van der Waals surface area (Å²) in [4.78, 5) is 20.4. The van der Waals surface area contributed by atoms with E-state index < -0.39 is 0 Å². The lowest BCUT2D eigenvalue weighted by molar-refractivity contribution is -0.122. The van der Waals surface area contributed by atoms with E-state index in [-0.39, 0.29) is 11.9 Å². The molecule has 7 heteroatoms. The van der Waals surface area contributed by atoms with E-state index >= 15 is 0 Å². The molecule has 0 saturated heterocycles. The number of hydrogen-bond donors (Lipinski definition) is 2. The molecule has 2 heterocycles. The molecule has 0 aliphatic rings. The van der Waals surface area contributed by atoms with Crippen molar-refractivity contribution in [1.82, 2.24) is 30.0 Å². The summed E-state index contributed by atoms with van der Waals surface area (Å²) in [6, 6.07) is -0.194. The van der Waals surface area contributed by atoms with Crippen LogP contribution in [-0.4, -0.2) is 30.6 Å². The van der Waals surface area contributed by atoms with Gasteiger partial charge >= 0.3 is 0 Å². The van der Waals surface area contributed by atoms with Gasteiger partial charge < -0.3 is 9.88 Å². The molecule has 0 spiro atoms. The predicted octanol–water partition coefficient (Wildman–Crippen LogP) is 1.14. The Bertz CT molecular complexity index is 573. The number of aromatic nitrogens is 5. The Hall–Kier alpha value is -2.18. The molecule has 2 N–H and O–H groups in total. The fraction of sp³-hybridized carbons (Fsp3) is 0.538. The minimum absolute atomic E-state index is 0.0179. The van der Waals surface area contributed by atoms with Crippen molar-refractivity contribution >= 4 is 5.91 Å². The van der Waals surface area contributed by atoms with Crippen LogP contribution in [0.25, 0.3) is 0 Å². The first-order valence-electron chi connectivity index (χ1n) is 6.78. The van der Waals surface area contributed by atoms with E-state index in [2.05, 4.69) is 25.5 Å². The van der Waals surface area contributed by atoms with E-state index in [1.807, 2.05) is 31.5 Å². The molecule has 2 rings (SSSR count). The lowest BCUT2D eigenvalue weighted by atomic mass is 10.3. The number of amides is 1. The van der Waals surface area contributed by atoms with Crippen molar-refractivity contribution in [3.63, 3.8) is 0 Å². The van der Waals surface area contributed by atoms with Gasteiger partial charge in [-0.15, -0.1) is 0 Å². The maximum Gasteiger partial charge on any atom is 0.222 e. The van der Waals surface area contributed by atoms with Gasteiger partial charge in [0.05, 0.1) is 6.04 Å². The topological polar surface area (TPSA) is 88.5 Å². The molecule has 1 amide bonds. The van der Waals surface area contributed by atoms with Gasteiger partial charge in [0.25, 0.3) is 0 Å². The highest BCUT2D eigenvalue weighted by Gasteiger charge is 2.13. The normalized spacial score (nSPS) is 12.3. The van der Waals surface area contributed by atoms with E-state index in [1.165, 1.54) is 0 Å². The average Bonchev–Trinajstić information content (AvgIpc) is 3.04. The van der Waals surface area contributed by atoms with Crippen LogP contribution < -0.4 is 5.32 Å². The number of aryl methyl sites for hydroxylation is 3. The van der Waals surface area contributed by atoms with Crippen LogP contribution in [-0.2, 0) is 17.8 Å². The molecule has 0 aromatic carbocycles. The molecule has 0 aliphatic heterocycles. The largest absolute Gasteiger partial charge is 0.346 e. The molecule has 0 unspecified atom stereocenters. The Morgan fingerprint density at radius 1 is 1.55 bits per heavy atom. The molecule has 2 aromatic heterocycles. The third-order valence-electron chi connectivity index (χ3n) is 3.08. The van der Waals surface area contributed by atoms with Crippen molar-refractivity contribution in [3.05, 3.63) is 29.9 Å². The molecular formula is C13H20N6O. The third kappa shape index (κ3) is 3.43. The predicted molar refractivity (Wildman–Crippen MR) is 73.9 cm³/mol. The van der Waals surface area contributed by atoms with Crippen molar-refractivity contribution in [2.45, 2.75) is 46.2 Å². The van der Waals surface area contributed by atoms with Gasteiger partial charge in [-0.1, -0.05) is 6.92 Å². The summed E-state index contributed by atoms with van der Waals surface area (Å²) < 4.78 is 2.00. The third-order valence-corrected chi connectivity index (χ3v) is 3.08. The maximum absolute atomic E-state index is 11.9. The van der Waals surface area contributed by atoms with Crippen LogP contribution in [0, 0.1) is 6.92 Å². The number of aromatic amines is 1. The zero-order valence-corrected chi connectivity index (χ0v) is 12.1. The summed E-state index contributed by atoms with van der Waals surface area (Å²) in [5.74, 6) is 2.32. The van der Waals surface area contributed by atoms with Crippen LogP contribution in [0.3, 0.4) is 0 Å². The van der Waals surface area contributed by atoms with Crippen molar-refractivity contribution < 1.29 is 4.79 Å². The van der Waals surface area contributed by atoms with E-state index in [0.717, 1.165) is 18.1 Å². The van der Waals surface area contributed by atoms with E-state index in [4.69, 9.17) is 0 Å². The molecule has 7 nitrogen and oxygen atoms in total. The summed E-state index contributed by atoms with van der Waals surface area (Å²) in [7, 11) is 0. The monoisotopic (exact) mass is 276 g/mol. The van der Waals surface area contributed by atoms with Crippen molar-refractivity contribution in [1.29, 1.82) is 0 Å². The number of carbonyl (C=O) groups excluding carboxylic acids is 1. The van der Waals surface area contributed by atoms with Gasteiger partial charge in [-0.3, -0.25) is 9.89 Å². The highest BCUT2D eigenvalue weighted by Crippen LogP contribution is 2.07. The Labute approximate surface area is 117 Å². The molecule has 20 heavy (non-hydrogen) atoms. The smallest absolute Gasteiger partial charge is 0.222 e. The first kappa shape index (κ1) is 14.2. The van der Waals surface area contributed by atoms with Crippen molar-refractivity contribution in [2.24, 2.45) is 0 Å². The van der Waals surface area contributed by atoms with Gasteiger partial charge in [0.2, 0.25) is 5.91 Å². The Kier molecular flexibility index (Phi) is 4.49. The molecule has 1 atom stereocenters. The van der Waals surface area contributed by atoms with Gasteiger partial charge in [-0.2, -0.15) is 5.10 Å². The summed E-state index contributed by atoms with van der Waals surface area (Å²) >= 11 is 0. The number of rotatable bonds is 6. The molecule has 0 bridgehead atoms. The number of nitrogens with one attached hydrogen (secondary N) is 2. The summed E-state index contributed by atoms with van der Waals surface area (Å²) in [6.07, 6.45) is 4.93. The first-order valence-corrected chi connectivity index (χ1v) is 6.78. The van der Waals surface area contributed by atoms with E-state index in [9.17, 15) is 4.79 Å². The molecule has 0 saturated carbocycles. The van der Waals surface area contributed by atoms with Crippen LogP contribution in [0.5, 0.6) is 0 Å². The van der Waals surface area contributed by atoms with Gasteiger partial charge in [0.1, 0.15) is 11.6 Å². The zero-order valence-electron chi connectivity index (χ0n) is 12.1. The summed E-state index contributed by atoms with van der Waals surface area (Å²) in [6.45, 7) is 6.38. The van der Waals surface area contributed by atoms with Crippen LogP contribution in [0.4, 0.5) is 0 Å². The highest BCUT2D eigenvalue weighted by molar-refractivity contribution is 5.76. The second kappa shape index (κ2) is 6.31. The van der Waals surface area contributed by atoms with Crippen molar-refractivity contribution in [3.8, 4) is 0 Å². The lowest BCUT2D eigenvalue weighted by Crippen LogP contribution is -2.28. The van der Waals surface area contributed by atoms with Crippen LogP contribution in [0.2, 0.25) is 0 Å². The minimum Gasteiger partial charge on any atom is -0.346 e.